The van der Waals surface area contributed by atoms with Gasteiger partial charge in [-0.25, -0.2) is 4.79 Å². The minimum absolute atomic E-state index is 0.230. The molecular weight excluding hydrogens is 266 g/mol. The van der Waals surface area contributed by atoms with Gasteiger partial charge < -0.3 is 25.4 Å². The number of hydrogen-bond acceptors (Lipinski definition) is 7. The predicted molar refractivity (Wildman–Crippen MR) is 69.4 cm³/mol. The minimum Gasteiger partial charge on any atom is -0.469 e. The zero-order valence-corrected chi connectivity index (χ0v) is 11.8. The van der Waals surface area contributed by atoms with Crippen LogP contribution in [0.5, 0.6) is 0 Å². The summed E-state index contributed by atoms with van der Waals surface area (Å²) in [6, 6.07) is -0.953. The third-order valence-electron chi connectivity index (χ3n) is 3.71. The number of methoxy groups -OCH3 is 1. The Morgan fingerprint density at radius 1 is 1.40 bits per heavy atom. The van der Waals surface area contributed by atoms with Crippen LogP contribution in [0.25, 0.3) is 0 Å². The molecule has 5 unspecified atom stereocenters. The first-order valence-corrected chi connectivity index (χ1v) is 6.78. The summed E-state index contributed by atoms with van der Waals surface area (Å²) in [6.07, 6.45) is 0.0801. The summed E-state index contributed by atoms with van der Waals surface area (Å²) in [7, 11) is 1.24. The van der Waals surface area contributed by atoms with Gasteiger partial charge in [0.15, 0.2) is 6.10 Å². The third-order valence-corrected chi connectivity index (χ3v) is 3.71. The molecule has 0 aromatic heterocycles. The maximum Gasteiger partial charge on any atom is 0.336 e. The van der Waals surface area contributed by atoms with Gasteiger partial charge in [-0.3, -0.25) is 4.79 Å². The Labute approximate surface area is 118 Å². The van der Waals surface area contributed by atoms with Crippen molar-refractivity contribution in [2.75, 3.05) is 20.3 Å². The van der Waals surface area contributed by atoms with E-state index in [4.69, 9.17) is 10.5 Å². The zero-order chi connectivity index (χ0) is 15.3. The second-order valence-electron chi connectivity index (χ2n) is 5.02. The van der Waals surface area contributed by atoms with Gasteiger partial charge in [0.05, 0.1) is 19.6 Å². The highest BCUT2D eigenvalue weighted by Crippen LogP contribution is 2.49. The van der Waals surface area contributed by atoms with Crippen molar-refractivity contribution in [1.82, 2.24) is 0 Å². The minimum atomic E-state index is -1.50. The van der Waals surface area contributed by atoms with Crippen LogP contribution in [0.3, 0.4) is 0 Å². The molecule has 4 N–H and O–H groups in total. The number of rotatable bonds is 8. The van der Waals surface area contributed by atoms with Crippen LogP contribution in [-0.4, -0.2) is 54.6 Å². The third kappa shape index (κ3) is 3.68. The lowest BCUT2D eigenvalue weighted by atomic mass is 10.0. The molecule has 5 atom stereocenters. The molecular formula is C13H23NO6. The first-order chi connectivity index (χ1) is 9.49. The number of carbonyl (C=O) groups is 2. The van der Waals surface area contributed by atoms with Gasteiger partial charge >= 0.3 is 11.9 Å². The van der Waals surface area contributed by atoms with E-state index in [1.54, 1.807) is 0 Å². The smallest absolute Gasteiger partial charge is 0.336 e. The SMILES string of the molecule is CCCCOC(=O)C(O)C(N)C1C(CO)C1C(=O)OC. The maximum atomic E-state index is 11.6. The lowest BCUT2D eigenvalue weighted by Gasteiger charge is -2.17. The van der Waals surface area contributed by atoms with Crippen molar-refractivity contribution in [2.24, 2.45) is 23.5 Å². The highest BCUT2D eigenvalue weighted by molar-refractivity contribution is 5.78. The van der Waals surface area contributed by atoms with Gasteiger partial charge in [-0.15, -0.1) is 0 Å². The van der Waals surface area contributed by atoms with Crippen LogP contribution >= 0.6 is 0 Å². The molecule has 0 aromatic rings. The fraction of sp³-hybridized carbons (Fsp3) is 0.846. The molecule has 7 nitrogen and oxygen atoms in total. The molecule has 116 valence electrons. The van der Waals surface area contributed by atoms with Gasteiger partial charge in [0.25, 0.3) is 0 Å². The molecule has 0 radical (unpaired) electrons. The van der Waals surface area contributed by atoms with E-state index in [1.807, 2.05) is 6.92 Å². The van der Waals surface area contributed by atoms with Crippen molar-refractivity contribution in [3.63, 3.8) is 0 Å². The summed E-state index contributed by atoms with van der Waals surface area (Å²) in [4.78, 5) is 23.1. The average molecular weight is 289 g/mol. The fourth-order valence-electron chi connectivity index (χ4n) is 2.40. The van der Waals surface area contributed by atoms with Crippen molar-refractivity contribution < 1.29 is 29.3 Å². The Morgan fingerprint density at radius 2 is 2.05 bits per heavy atom. The molecule has 1 rings (SSSR count). The second kappa shape index (κ2) is 7.56. The normalized spacial score (nSPS) is 27.6. The van der Waals surface area contributed by atoms with Gasteiger partial charge in [0.1, 0.15) is 0 Å². The van der Waals surface area contributed by atoms with Crippen LogP contribution < -0.4 is 5.73 Å². The predicted octanol–water partition coefficient (Wildman–Crippen LogP) is -0.955. The monoisotopic (exact) mass is 289 g/mol. The van der Waals surface area contributed by atoms with Crippen molar-refractivity contribution in [3.8, 4) is 0 Å². The van der Waals surface area contributed by atoms with E-state index >= 15 is 0 Å². The van der Waals surface area contributed by atoms with E-state index in [0.717, 1.165) is 6.42 Å². The van der Waals surface area contributed by atoms with Gasteiger partial charge in [-0.05, 0) is 12.3 Å². The molecule has 0 bridgehead atoms. The maximum absolute atomic E-state index is 11.6. The highest BCUT2D eigenvalue weighted by atomic mass is 16.5. The lowest BCUT2D eigenvalue weighted by molar-refractivity contribution is -0.155. The number of esters is 2. The Balaban J connectivity index is 2.54. The molecule has 0 heterocycles. The standard InChI is InChI=1S/C13H23NO6/c1-3-4-5-20-13(18)11(16)10(14)8-7(6-15)9(8)12(17)19-2/h7-11,15-16H,3-6,14H2,1-2H3. The summed E-state index contributed by atoms with van der Waals surface area (Å²) in [6.45, 7) is 1.94. The van der Waals surface area contributed by atoms with Crippen LogP contribution in [0, 0.1) is 17.8 Å². The topological polar surface area (TPSA) is 119 Å². The number of nitrogens with two attached hydrogens (primary N) is 1. The molecule has 1 aliphatic carbocycles. The Bertz CT molecular complexity index is 348. The number of hydrogen-bond donors (Lipinski definition) is 3. The van der Waals surface area contributed by atoms with E-state index < -0.39 is 35.9 Å². The van der Waals surface area contributed by atoms with Crippen molar-refractivity contribution in [1.29, 1.82) is 0 Å². The van der Waals surface area contributed by atoms with Crippen LogP contribution in [-0.2, 0) is 19.1 Å². The number of aliphatic hydroxyl groups is 2. The second-order valence-corrected chi connectivity index (χ2v) is 5.02. The average Bonchev–Trinajstić information content (AvgIpc) is 3.19. The van der Waals surface area contributed by atoms with Crippen LogP contribution in [0.4, 0.5) is 0 Å². The highest BCUT2D eigenvalue weighted by Gasteiger charge is 2.59. The molecule has 0 saturated heterocycles. The molecule has 7 heteroatoms. The van der Waals surface area contributed by atoms with Gasteiger partial charge in [0.2, 0.25) is 0 Å². The summed E-state index contributed by atoms with van der Waals surface area (Å²) >= 11 is 0. The number of ether oxygens (including phenoxy) is 2. The van der Waals surface area contributed by atoms with Crippen molar-refractivity contribution >= 4 is 11.9 Å². The Morgan fingerprint density at radius 3 is 2.55 bits per heavy atom. The van der Waals surface area contributed by atoms with Crippen molar-refractivity contribution in [3.05, 3.63) is 0 Å². The molecule has 1 aliphatic rings. The van der Waals surface area contributed by atoms with E-state index in [1.165, 1.54) is 7.11 Å². The molecule has 1 fully saturated rings. The van der Waals surface area contributed by atoms with Crippen LogP contribution in [0.1, 0.15) is 19.8 Å². The fourth-order valence-corrected chi connectivity index (χ4v) is 2.40. The van der Waals surface area contributed by atoms with Gasteiger partial charge in [-0.2, -0.15) is 0 Å². The first-order valence-electron chi connectivity index (χ1n) is 6.78. The zero-order valence-electron chi connectivity index (χ0n) is 11.8. The summed E-state index contributed by atoms with van der Waals surface area (Å²) in [5, 5.41) is 19.0. The molecule has 0 aromatic carbocycles. The van der Waals surface area contributed by atoms with E-state index in [2.05, 4.69) is 4.74 Å². The summed E-state index contributed by atoms with van der Waals surface area (Å²) < 4.78 is 9.49. The molecule has 0 amide bonds. The largest absolute Gasteiger partial charge is 0.469 e. The van der Waals surface area contributed by atoms with E-state index in [0.29, 0.717) is 6.42 Å². The van der Waals surface area contributed by atoms with Crippen molar-refractivity contribution in [2.45, 2.75) is 31.9 Å². The molecule has 20 heavy (non-hydrogen) atoms. The number of unbranched alkanes of at least 4 members (excludes halogenated alkanes) is 1. The molecule has 0 aliphatic heterocycles. The molecule has 0 spiro atoms. The molecule has 1 saturated carbocycles. The first kappa shape index (κ1) is 16.9. The summed E-state index contributed by atoms with van der Waals surface area (Å²) in [5.41, 5.74) is 5.81. The lowest BCUT2D eigenvalue weighted by Crippen LogP contribution is -2.44. The Hall–Kier alpha value is -1.18. The quantitative estimate of drug-likeness (QED) is 0.389. The van der Waals surface area contributed by atoms with Gasteiger partial charge in [0, 0.05) is 18.6 Å². The van der Waals surface area contributed by atoms with Gasteiger partial charge in [-0.1, -0.05) is 13.3 Å². The van der Waals surface area contributed by atoms with Crippen LogP contribution in [0.15, 0.2) is 0 Å². The summed E-state index contributed by atoms with van der Waals surface area (Å²) in [5.74, 6) is -2.70. The Kier molecular flexibility index (Phi) is 6.38. The number of aliphatic hydroxyl groups excluding tert-OH is 2. The van der Waals surface area contributed by atoms with Crippen LogP contribution in [0.2, 0.25) is 0 Å². The van der Waals surface area contributed by atoms with E-state index in [-0.39, 0.29) is 19.1 Å². The van der Waals surface area contributed by atoms with E-state index in [9.17, 15) is 19.8 Å². The number of carbonyl (C=O) groups excluding carboxylic acids is 2.